The topological polar surface area (TPSA) is 72.8 Å². The normalized spacial score (nSPS) is 15.3. The van der Waals surface area contributed by atoms with E-state index in [2.05, 4.69) is 15.3 Å². The van der Waals surface area contributed by atoms with E-state index >= 15 is 0 Å². The van der Waals surface area contributed by atoms with Crippen molar-refractivity contribution < 1.29 is 14.3 Å². The predicted molar refractivity (Wildman–Crippen MR) is 86.4 cm³/mol. The van der Waals surface area contributed by atoms with E-state index in [9.17, 15) is 4.79 Å². The second-order valence-corrected chi connectivity index (χ2v) is 4.77. The minimum absolute atomic E-state index is 0.282. The van der Waals surface area contributed by atoms with Gasteiger partial charge in [0.25, 0.3) is 5.91 Å². The van der Waals surface area contributed by atoms with Crippen LogP contribution in [0.5, 0.6) is 11.5 Å². The number of pyridine rings is 1. The van der Waals surface area contributed by atoms with Gasteiger partial charge in [-0.1, -0.05) is 6.07 Å². The number of methoxy groups -OCH3 is 2. The molecule has 1 aliphatic rings. The van der Waals surface area contributed by atoms with E-state index in [4.69, 9.17) is 9.47 Å². The third kappa shape index (κ3) is 3.06. The molecular formula is C17H15N3O3. The minimum Gasteiger partial charge on any atom is -0.497 e. The maximum absolute atomic E-state index is 12.1. The summed E-state index contributed by atoms with van der Waals surface area (Å²) in [4.78, 5) is 20.6. The molecular weight excluding hydrogens is 294 g/mol. The summed E-state index contributed by atoms with van der Waals surface area (Å²) in [6.07, 6.45) is 3.31. The third-order valence-electron chi connectivity index (χ3n) is 3.33. The Morgan fingerprint density at radius 3 is 2.70 bits per heavy atom. The molecule has 6 heteroatoms. The van der Waals surface area contributed by atoms with Crippen molar-refractivity contribution in [2.75, 3.05) is 14.2 Å². The molecule has 1 aliphatic heterocycles. The van der Waals surface area contributed by atoms with Crippen molar-refractivity contribution in [3.8, 4) is 11.5 Å². The number of hydrogen-bond acceptors (Lipinski definition) is 5. The monoisotopic (exact) mass is 309 g/mol. The lowest BCUT2D eigenvalue weighted by Gasteiger charge is -2.07. The maximum Gasteiger partial charge on any atom is 0.275 e. The number of ether oxygens (including phenoxy) is 2. The van der Waals surface area contributed by atoms with Gasteiger partial charge in [0.2, 0.25) is 0 Å². The summed E-state index contributed by atoms with van der Waals surface area (Å²) >= 11 is 0. The van der Waals surface area contributed by atoms with Crippen molar-refractivity contribution >= 4 is 17.8 Å². The summed E-state index contributed by atoms with van der Waals surface area (Å²) in [5.74, 6) is 1.46. The Kier molecular flexibility index (Phi) is 4.05. The molecule has 1 amide bonds. The van der Waals surface area contributed by atoms with Crippen LogP contribution in [-0.2, 0) is 4.79 Å². The SMILES string of the molecule is COc1ccc(OC)c(/C=C2\N=C(c3ccccn3)NC2=O)c1. The molecule has 2 aromatic rings. The summed E-state index contributed by atoms with van der Waals surface area (Å²) in [5, 5.41) is 2.71. The first-order valence-electron chi connectivity index (χ1n) is 6.96. The Hall–Kier alpha value is -3.15. The van der Waals surface area contributed by atoms with Crippen molar-refractivity contribution in [2.24, 2.45) is 4.99 Å². The zero-order valence-corrected chi connectivity index (χ0v) is 12.7. The zero-order chi connectivity index (χ0) is 16.2. The number of nitrogens with one attached hydrogen (secondary N) is 1. The number of hydrogen-bond donors (Lipinski definition) is 1. The standard InChI is InChI=1S/C17H15N3O3/c1-22-12-6-7-15(23-2)11(9-12)10-14-17(21)20-16(19-14)13-5-3-4-8-18-13/h3-10H,1-2H3,(H,19,20,21)/b14-10-. The lowest BCUT2D eigenvalue weighted by atomic mass is 10.1. The highest BCUT2D eigenvalue weighted by Crippen LogP contribution is 2.27. The summed E-state index contributed by atoms with van der Waals surface area (Å²) in [6, 6.07) is 10.8. The average Bonchev–Trinajstić information content (AvgIpc) is 2.96. The number of carbonyl (C=O) groups is 1. The Bertz CT molecular complexity index is 798. The molecule has 0 aliphatic carbocycles. The van der Waals surface area contributed by atoms with Crippen LogP contribution in [0.25, 0.3) is 6.08 Å². The predicted octanol–water partition coefficient (Wildman–Crippen LogP) is 2.02. The van der Waals surface area contributed by atoms with Crippen LogP contribution in [0.4, 0.5) is 0 Å². The molecule has 0 spiro atoms. The van der Waals surface area contributed by atoms with Crippen LogP contribution in [-0.4, -0.2) is 30.9 Å². The van der Waals surface area contributed by atoms with Gasteiger partial charge in [-0.3, -0.25) is 9.78 Å². The van der Waals surface area contributed by atoms with Crippen LogP contribution in [0, 0.1) is 0 Å². The van der Waals surface area contributed by atoms with Crippen molar-refractivity contribution in [3.63, 3.8) is 0 Å². The number of nitrogens with zero attached hydrogens (tertiary/aromatic N) is 2. The first kappa shape index (κ1) is 14.8. The first-order chi connectivity index (χ1) is 11.2. The molecule has 0 bridgehead atoms. The van der Waals surface area contributed by atoms with Crippen molar-refractivity contribution in [2.45, 2.75) is 0 Å². The van der Waals surface area contributed by atoms with Gasteiger partial charge < -0.3 is 14.8 Å². The van der Waals surface area contributed by atoms with E-state index in [0.717, 1.165) is 0 Å². The lowest BCUT2D eigenvalue weighted by Crippen LogP contribution is -2.25. The van der Waals surface area contributed by atoms with E-state index in [-0.39, 0.29) is 11.6 Å². The highest BCUT2D eigenvalue weighted by atomic mass is 16.5. The van der Waals surface area contributed by atoms with Crippen LogP contribution in [0.15, 0.2) is 53.3 Å². The molecule has 0 fully saturated rings. The number of rotatable bonds is 4. The van der Waals surface area contributed by atoms with E-state index < -0.39 is 0 Å². The van der Waals surface area contributed by atoms with Gasteiger partial charge in [-0.05, 0) is 36.4 Å². The Labute approximate surface area is 133 Å². The second kappa shape index (κ2) is 6.31. The molecule has 2 heterocycles. The van der Waals surface area contributed by atoms with Crippen molar-refractivity contribution in [1.29, 1.82) is 0 Å². The van der Waals surface area contributed by atoms with Crippen LogP contribution in [0.2, 0.25) is 0 Å². The van der Waals surface area contributed by atoms with Gasteiger partial charge in [-0.2, -0.15) is 0 Å². The summed E-state index contributed by atoms with van der Waals surface area (Å²) < 4.78 is 10.5. The number of aliphatic imine (C=N–C) groups is 1. The molecule has 0 saturated heterocycles. The van der Waals surface area contributed by atoms with Gasteiger partial charge in [-0.15, -0.1) is 0 Å². The van der Waals surface area contributed by atoms with Gasteiger partial charge >= 0.3 is 0 Å². The van der Waals surface area contributed by atoms with Crippen molar-refractivity contribution in [3.05, 3.63) is 59.5 Å². The molecule has 0 saturated carbocycles. The van der Waals surface area contributed by atoms with Crippen LogP contribution in [0.3, 0.4) is 0 Å². The number of amidine groups is 1. The smallest absolute Gasteiger partial charge is 0.275 e. The van der Waals surface area contributed by atoms with Crippen molar-refractivity contribution in [1.82, 2.24) is 10.3 Å². The van der Waals surface area contributed by atoms with Crippen LogP contribution in [0.1, 0.15) is 11.3 Å². The maximum atomic E-state index is 12.1. The van der Waals surface area contributed by atoms with Gasteiger partial charge in [0.05, 0.1) is 14.2 Å². The highest BCUT2D eigenvalue weighted by Gasteiger charge is 2.22. The van der Waals surface area contributed by atoms with Gasteiger partial charge in [0.1, 0.15) is 22.9 Å². The molecule has 1 aromatic carbocycles. The molecule has 1 aromatic heterocycles. The van der Waals surface area contributed by atoms with Gasteiger partial charge in [-0.25, -0.2) is 4.99 Å². The number of carbonyl (C=O) groups excluding carboxylic acids is 1. The van der Waals surface area contributed by atoms with Gasteiger partial charge in [0.15, 0.2) is 5.84 Å². The quantitative estimate of drug-likeness (QED) is 0.877. The van der Waals surface area contributed by atoms with E-state index in [1.807, 2.05) is 6.07 Å². The average molecular weight is 309 g/mol. The molecule has 0 unspecified atom stereocenters. The number of aromatic nitrogens is 1. The molecule has 3 rings (SSSR count). The fourth-order valence-corrected chi connectivity index (χ4v) is 2.19. The van der Waals surface area contributed by atoms with E-state index in [1.54, 1.807) is 56.8 Å². The molecule has 1 N–H and O–H groups in total. The molecule has 0 atom stereocenters. The van der Waals surface area contributed by atoms with E-state index in [0.29, 0.717) is 28.6 Å². The number of amides is 1. The third-order valence-corrected chi connectivity index (χ3v) is 3.33. The summed E-state index contributed by atoms with van der Waals surface area (Å²) in [5.41, 5.74) is 1.61. The Morgan fingerprint density at radius 1 is 1.13 bits per heavy atom. The first-order valence-corrected chi connectivity index (χ1v) is 6.96. The largest absolute Gasteiger partial charge is 0.497 e. The van der Waals surface area contributed by atoms with Gasteiger partial charge in [0, 0.05) is 11.8 Å². The fourth-order valence-electron chi connectivity index (χ4n) is 2.19. The number of benzene rings is 1. The zero-order valence-electron chi connectivity index (χ0n) is 12.7. The minimum atomic E-state index is -0.282. The Balaban J connectivity index is 1.99. The Morgan fingerprint density at radius 2 is 2.00 bits per heavy atom. The van der Waals surface area contributed by atoms with Crippen LogP contribution < -0.4 is 14.8 Å². The second-order valence-electron chi connectivity index (χ2n) is 4.77. The summed E-state index contributed by atoms with van der Waals surface area (Å²) in [6.45, 7) is 0. The molecule has 23 heavy (non-hydrogen) atoms. The fraction of sp³-hybridized carbons (Fsp3) is 0.118. The van der Waals surface area contributed by atoms with Crippen LogP contribution >= 0.6 is 0 Å². The molecule has 6 nitrogen and oxygen atoms in total. The molecule has 0 radical (unpaired) electrons. The van der Waals surface area contributed by atoms with E-state index in [1.165, 1.54) is 0 Å². The summed E-state index contributed by atoms with van der Waals surface area (Å²) in [7, 11) is 3.15. The molecule has 116 valence electrons. The lowest BCUT2D eigenvalue weighted by molar-refractivity contribution is -0.115. The highest BCUT2D eigenvalue weighted by molar-refractivity contribution is 6.19.